The predicted octanol–water partition coefficient (Wildman–Crippen LogP) is 4.55. The van der Waals surface area contributed by atoms with Crippen LogP contribution in [0.3, 0.4) is 0 Å². The van der Waals surface area contributed by atoms with Crippen LogP contribution in [0.2, 0.25) is 0 Å². The maximum absolute atomic E-state index is 12.3. The van der Waals surface area contributed by atoms with Crippen LogP contribution in [-0.2, 0) is 6.18 Å². The topological polar surface area (TPSA) is 0 Å². The molecular formula is C13H13F3. The molecule has 0 saturated carbocycles. The first kappa shape index (κ1) is 12.6. The second-order valence-electron chi connectivity index (χ2n) is 3.49. The van der Waals surface area contributed by atoms with Gasteiger partial charge in [0.05, 0.1) is 5.56 Å². The Kier molecular flexibility index (Phi) is 3.93. The van der Waals surface area contributed by atoms with Crippen LogP contribution >= 0.6 is 0 Å². The molecule has 0 nitrogen and oxygen atoms in total. The number of benzene rings is 1. The molecule has 0 spiro atoms. The third-order valence-electron chi connectivity index (χ3n) is 2.37. The SMILES string of the molecule is C=CC[C@H](C=C)c1ccc(C(F)(F)F)cc1. The Bertz CT molecular complexity index is 360. The van der Waals surface area contributed by atoms with Gasteiger partial charge in [-0.15, -0.1) is 13.2 Å². The van der Waals surface area contributed by atoms with E-state index in [1.54, 1.807) is 12.2 Å². The normalized spacial score (nSPS) is 13.2. The average molecular weight is 226 g/mol. The van der Waals surface area contributed by atoms with Crippen LogP contribution in [0, 0.1) is 0 Å². The van der Waals surface area contributed by atoms with Gasteiger partial charge in [0.2, 0.25) is 0 Å². The van der Waals surface area contributed by atoms with E-state index in [-0.39, 0.29) is 5.92 Å². The quantitative estimate of drug-likeness (QED) is 0.660. The summed E-state index contributed by atoms with van der Waals surface area (Å²) in [4.78, 5) is 0. The molecule has 0 amide bonds. The van der Waals surface area contributed by atoms with Gasteiger partial charge in [-0.05, 0) is 24.1 Å². The third kappa shape index (κ3) is 2.99. The molecule has 0 radical (unpaired) electrons. The Morgan fingerprint density at radius 2 is 1.69 bits per heavy atom. The predicted molar refractivity (Wildman–Crippen MR) is 59.2 cm³/mol. The van der Waals surface area contributed by atoms with E-state index in [1.807, 2.05) is 0 Å². The Morgan fingerprint density at radius 1 is 1.12 bits per heavy atom. The summed E-state index contributed by atoms with van der Waals surface area (Å²) < 4.78 is 36.9. The summed E-state index contributed by atoms with van der Waals surface area (Å²) in [5.41, 5.74) is 0.195. The van der Waals surface area contributed by atoms with Gasteiger partial charge in [-0.3, -0.25) is 0 Å². The van der Waals surface area contributed by atoms with E-state index in [4.69, 9.17) is 0 Å². The van der Waals surface area contributed by atoms with Crippen LogP contribution in [0.5, 0.6) is 0 Å². The lowest BCUT2D eigenvalue weighted by Crippen LogP contribution is -2.05. The first-order valence-corrected chi connectivity index (χ1v) is 4.89. The molecule has 0 aliphatic heterocycles. The minimum Gasteiger partial charge on any atom is -0.166 e. The molecule has 1 aromatic rings. The molecule has 0 saturated heterocycles. The molecule has 0 N–H and O–H groups in total. The van der Waals surface area contributed by atoms with Crippen molar-refractivity contribution in [2.24, 2.45) is 0 Å². The van der Waals surface area contributed by atoms with Crippen LogP contribution in [0.1, 0.15) is 23.5 Å². The van der Waals surface area contributed by atoms with Crippen LogP contribution in [-0.4, -0.2) is 0 Å². The van der Waals surface area contributed by atoms with Crippen LogP contribution in [0.15, 0.2) is 49.6 Å². The van der Waals surface area contributed by atoms with E-state index in [1.165, 1.54) is 12.1 Å². The molecule has 16 heavy (non-hydrogen) atoms. The molecule has 0 aliphatic carbocycles. The maximum atomic E-state index is 12.3. The van der Waals surface area contributed by atoms with Gasteiger partial charge < -0.3 is 0 Å². The Morgan fingerprint density at radius 3 is 2.06 bits per heavy atom. The van der Waals surface area contributed by atoms with E-state index in [9.17, 15) is 13.2 Å². The molecule has 1 rings (SSSR count). The number of hydrogen-bond acceptors (Lipinski definition) is 0. The van der Waals surface area contributed by atoms with Crippen molar-refractivity contribution in [1.82, 2.24) is 0 Å². The zero-order valence-corrected chi connectivity index (χ0v) is 8.80. The Hall–Kier alpha value is -1.51. The highest BCUT2D eigenvalue weighted by atomic mass is 19.4. The van der Waals surface area contributed by atoms with E-state index in [0.29, 0.717) is 6.42 Å². The van der Waals surface area contributed by atoms with E-state index < -0.39 is 11.7 Å². The fraction of sp³-hybridized carbons (Fsp3) is 0.231. The standard InChI is InChI=1S/C13H13F3/c1-3-5-10(4-2)11-6-8-12(9-7-11)13(14,15)16/h3-4,6-10H,1-2,5H2/t10-/m0/s1. The molecule has 86 valence electrons. The smallest absolute Gasteiger partial charge is 0.166 e. The maximum Gasteiger partial charge on any atom is 0.416 e. The first-order chi connectivity index (χ1) is 7.49. The van der Waals surface area contributed by atoms with Crippen LogP contribution in [0.4, 0.5) is 13.2 Å². The summed E-state index contributed by atoms with van der Waals surface area (Å²) in [6.45, 7) is 7.26. The summed E-state index contributed by atoms with van der Waals surface area (Å²) in [5, 5.41) is 0. The monoisotopic (exact) mass is 226 g/mol. The highest BCUT2D eigenvalue weighted by molar-refractivity contribution is 5.29. The van der Waals surface area contributed by atoms with Crippen molar-refractivity contribution < 1.29 is 13.2 Å². The highest BCUT2D eigenvalue weighted by Crippen LogP contribution is 2.30. The third-order valence-corrected chi connectivity index (χ3v) is 2.37. The molecule has 0 bridgehead atoms. The molecule has 1 aromatic carbocycles. The second-order valence-corrected chi connectivity index (χ2v) is 3.49. The minimum atomic E-state index is -4.28. The molecule has 3 heteroatoms. The van der Waals surface area contributed by atoms with Crippen LogP contribution in [0.25, 0.3) is 0 Å². The van der Waals surface area contributed by atoms with Crippen molar-refractivity contribution in [3.8, 4) is 0 Å². The van der Waals surface area contributed by atoms with Gasteiger partial charge >= 0.3 is 6.18 Å². The van der Waals surface area contributed by atoms with Gasteiger partial charge in [-0.1, -0.05) is 24.3 Å². The zero-order valence-electron chi connectivity index (χ0n) is 8.80. The van der Waals surface area contributed by atoms with E-state index in [0.717, 1.165) is 17.7 Å². The summed E-state index contributed by atoms with van der Waals surface area (Å²) >= 11 is 0. The summed E-state index contributed by atoms with van der Waals surface area (Å²) in [6.07, 6.45) is -0.163. The average Bonchev–Trinajstić information content (AvgIpc) is 2.25. The van der Waals surface area contributed by atoms with E-state index in [2.05, 4.69) is 13.2 Å². The van der Waals surface area contributed by atoms with Crippen molar-refractivity contribution in [1.29, 1.82) is 0 Å². The largest absolute Gasteiger partial charge is 0.416 e. The number of alkyl halides is 3. The summed E-state index contributed by atoms with van der Waals surface area (Å²) in [6, 6.07) is 5.15. The lowest BCUT2D eigenvalue weighted by molar-refractivity contribution is -0.137. The Labute approximate surface area is 93.1 Å². The molecule has 0 fully saturated rings. The van der Waals surface area contributed by atoms with Crippen molar-refractivity contribution in [3.05, 3.63) is 60.7 Å². The summed E-state index contributed by atoms with van der Waals surface area (Å²) in [7, 11) is 0. The second kappa shape index (κ2) is 5.01. The van der Waals surface area contributed by atoms with Gasteiger partial charge in [-0.2, -0.15) is 13.2 Å². The number of allylic oxidation sites excluding steroid dienone is 2. The lowest BCUT2D eigenvalue weighted by Gasteiger charge is -2.12. The minimum absolute atomic E-state index is 0.0276. The van der Waals surface area contributed by atoms with Crippen molar-refractivity contribution >= 4 is 0 Å². The van der Waals surface area contributed by atoms with Crippen LogP contribution < -0.4 is 0 Å². The molecule has 0 aromatic heterocycles. The van der Waals surface area contributed by atoms with Gasteiger partial charge in [0.1, 0.15) is 0 Å². The fourth-order valence-corrected chi connectivity index (χ4v) is 1.47. The zero-order chi connectivity index (χ0) is 12.2. The molecule has 0 unspecified atom stereocenters. The molecule has 0 aliphatic rings. The Balaban J connectivity index is 2.93. The first-order valence-electron chi connectivity index (χ1n) is 4.89. The lowest BCUT2D eigenvalue weighted by atomic mass is 9.95. The van der Waals surface area contributed by atoms with E-state index >= 15 is 0 Å². The van der Waals surface area contributed by atoms with Gasteiger partial charge in [0.25, 0.3) is 0 Å². The van der Waals surface area contributed by atoms with Crippen molar-refractivity contribution in [2.75, 3.05) is 0 Å². The number of rotatable bonds is 4. The fourth-order valence-electron chi connectivity index (χ4n) is 1.47. The molecule has 1 atom stereocenters. The molecular weight excluding hydrogens is 213 g/mol. The van der Waals surface area contributed by atoms with Gasteiger partial charge in [0, 0.05) is 5.92 Å². The van der Waals surface area contributed by atoms with Crippen molar-refractivity contribution in [3.63, 3.8) is 0 Å². The van der Waals surface area contributed by atoms with Gasteiger partial charge in [0.15, 0.2) is 0 Å². The summed E-state index contributed by atoms with van der Waals surface area (Å²) in [5.74, 6) is 0.0276. The number of halogens is 3. The van der Waals surface area contributed by atoms with Crippen molar-refractivity contribution in [2.45, 2.75) is 18.5 Å². The number of hydrogen-bond donors (Lipinski definition) is 0. The highest BCUT2D eigenvalue weighted by Gasteiger charge is 2.30. The van der Waals surface area contributed by atoms with Gasteiger partial charge in [-0.25, -0.2) is 0 Å². The molecule has 0 heterocycles.